The Labute approximate surface area is 104 Å². The van der Waals surface area contributed by atoms with E-state index in [0.717, 1.165) is 36.3 Å². The Morgan fingerprint density at radius 1 is 0.875 bits per heavy atom. The number of carbonyl (C=O) groups is 2. The average molecular weight is 260 g/mol. The molecule has 0 N–H and O–H groups in total. The summed E-state index contributed by atoms with van der Waals surface area (Å²) in [5.74, 6) is 3.92. The highest BCUT2D eigenvalue weighted by Crippen LogP contribution is 2.17. The van der Waals surface area contributed by atoms with E-state index in [1.54, 1.807) is 23.5 Å². The van der Waals surface area contributed by atoms with Gasteiger partial charge in [0.25, 0.3) is 0 Å². The van der Waals surface area contributed by atoms with Crippen molar-refractivity contribution in [2.24, 2.45) is 0 Å². The van der Waals surface area contributed by atoms with Crippen LogP contribution in [0.15, 0.2) is 0 Å². The van der Waals surface area contributed by atoms with E-state index in [-0.39, 0.29) is 11.8 Å². The molecule has 4 nitrogen and oxygen atoms in total. The van der Waals surface area contributed by atoms with Crippen LogP contribution in [-0.2, 0) is 9.59 Å². The summed E-state index contributed by atoms with van der Waals surface area (Å²) in [7, 11) is 0. The van der Waals surface area contributed by atoms with Gasteiger partial charge in [0.1, 0.15) is 0 Å². The highest BCUT2D eigenvalue weighted by molar-refractivity contribution is 7.99. The number of amides is 2. The Balaban J connectivity index is 1.69. The number of hydrogen-bond donors (Lipinski definition) is 0. The highest BCUT2D eigenvalue weighted by atomic mass is 32.2. The van der Waals surface area contributed by atoms with Crippen molar-refractivity contribution < 1.29 is 9.59 Å². The van der Waals surface area contributed by atoms with E-state index < -0.39 is 0 Å². The van der Waals surface area contributed by atoms with Crippen LogP contribution in [0.25, 0.3) is 0 Å². The molecule has 2 fully saturated rings. The summed E-state index contributed by atoms with van der Waals surface area (Å²) in [6, 6.07) is 0. The third-order valence-corrected chi connectivity index (χ3v) is 4.69. The molecule has 0 aromatic heterocycles. The Kier molecular flexibility index (Phi) is 4.40. The predicted molar refractivity (Wildman–Crippen MR) is 67.3 cm³/mol. The van der Waals surface area contributed by atoms with Crippen LogP contribution in [0.1, 0.15) is 12.8 Å². The van der Waals surface area contributed by atoms with Gasteiger partial charge in [0.15, 0.2) is 0 Å². The van der Waals surface area contributed by atoms with Crippen molar-refractivity contribution >= 4 is 35.3 Å². The van der Waals surface area contributed by atoms with E-state index in [4.69, 9.17) is 0 Å². The van der Waals surface area contributed by atoms with E-state index in [1.807, 2.05) is 9.80 Å². The molecule has 0 unspecified atom stereocenters. The largest absolute Gasteiger partial charge is 0.333 e. The van der Waals surface area contributed by atoms with Gasteiger partial charge in [-0.3, -0.25) is 9.59 Å². The first kappa shape index (κ1) is 12.1. The number of hydrogen-bond acceptors (Lipinski definition) is 4. The van der Waals surface area contributed by atoms with Gasteiger partial charge in [-0.1, -0.05) is 0 Å². The zero-order chi connectivity index (χ0) is 11.4. The van der Waals surface area contributed by atoms with Gasteiger partial charge < -0.3 is 9.80 Å². The summed E-state index contributed by atoms with van der Waals surface area (Å²) in [4.78, 5) is 27.1. The molecule has 2 rings (SSSR count). The van der Waals surface area contributed by atoms with E-state index in [1.165, 1.54) is 0 Å². The van der Waals surface area contributed by atoms with E-state index in [2.05, 4.69) is 0 Å². The summed E-state index contributed by atoms with van der Waals surface area (Å²) >= 11 is 3.55. The molecule has 0 aromatic rings. The number of thioether (sulfide) groups is 2. The number of nitrogens with zero attached hydrogens (tertiary/aromatic N) is 2. The van der Waals surface area contributed by atoms with Gasteiger partial charge in [-0.15, -0.1) is 23.5 Å². The minimum absolute atomic E-state index is 0.130. The molecule has 0 aromatic carbocycles. The van der Waals surface area contributed by atoms with Crippen molar-refractivity contribution in [2.75, 3.05) is 36.3 Å². The van der Waals surface area contributed by atoms with Crippen LogP contribution in [0, 0.1) is 0 Å². The first-order valence-corrected chi connectivity index (χ1v) is 7.79. The molecule has 0 atom stereocenters. The van der Waals surface area contributed by atoms with Crippen molar-refractivity contribution in [3.05, 3.63) is 0 Å². The normalized spacial score (nSPS) is 20.5. The van der Waals surface area contributed by atoms with Crippen LogP contribution in [0.2, 0.25) is 0 Å². The second kappa shape index (κ2) is 5.82. The minimum atomic E-state index is 0.130. The summed E-state index contributed by atoms with van der Waals surface area (Å²) in [5.41, 5.74) is 0. The lowest BCUT2D eigenvalue weighted by molar-refractivity contribution is -0.135. The zero-order valence-corrected chi connectivity index (χ0v) is 10.8. The maximum Gasteiger partial charge on any atom is 0.223 e. The molecule has 2 saturated heterocycles. The molecule has 0 spiro atoms. The molecule has 16 heavy (non-hydrogen) atoms. The molecule has 2 aliphatic rings. The zero-order valence-electron chi connectivity index (χ0n) is 9.18. The Morgan fingerprint density at radius 2 is 1.31 bits per heavy atom. The molecule has 0 aliphatic carbocycles. The summed E-state index contributed by atoms with van der Waals surface area (Å²) in [6.07, 6.45) is 0.751. The lowest BCUT2D eigenvalue weighted by atomic mass is 10.2. The molecule has 2 amide bonds. The minimum Gasteiger partial charge on any atom is -0.333 e. The molecular formula is C10H16N2O2S2. The van der Waals surface area contributed by atoms with Crippen LogP contribution in [-0.4, -0.2) is 58.0 Å². The van der Waals surface area contributed by atoms with E-state index in [0.29, 0.717) is 12.8 Å². The molecule has 2 aliphatic heterocycles. The van der Waals surface area contributed by atoms with Crippen molar-refractivity contribution in [3.63, 3.8) is 0 Å². The predicted octanol–water partition coefficient (Wildman–Crippen LogP) is 0.832. The van der Waals surface area contributed by atoms with E-state index in [9.17, 15) is 9.59 Å². The molecule has 6 heteroatoms. The van der Waals surface area contributed by atoms with Crippen LogP contribution in [0.3, 0.4) is 0 Å². The van der Waals surface area contributed by atoms with Gasteiger partial charge in [-0.25, -0.2) is 0 Å². The van der Waals surface area contributed by atoms with Crippen LogP contribution in [0.4, 0.5) is 0 Å². The van der Waals surface area contributed by atoms with Gasteiger partial charge in [-0.2, -0.15) is 0 Å². The van der Waals surface area contributed by atoms with Crippen molar-refractivity contribution in [2.45, 2.75) is 12.8 Å². The van der Waals surface area contributed by atoms with Crippen molar-refractivity contribution in [1.82, 2.24) is 9.80 Å². The monoisotopic (exact) mass is 260 g/mol. The third-order valence-electron chi connectivity index (χ3n) is 2.76. The molecule has 0 saturated carbocycles. The Hall–Kier alpha value is -0.360. The van der Waals surface area contributed by atoms with Crippen LogP contribution in [0.5, 0.6) is 0 Å². The topological polar surface area (TPSA) is 40.6 Å². The van der Waals surface area contributed by atoms with Crippen molar-refractivity contribution in [1.29, 1.82) is 0 Å². The fourth-order valence-electron chi connectivity index (χ4n) is 1.75. The van der Waals surface area contributed by atoms with Crippen LogP contribution < -0.4 is 0 Å². The second-order valence-electron chi connectivity index (χ2n) is 3.89. The molecular weight excluding hydrogens is 244 g/mol. The maximum absolute atomic E-state index is 11.7. The lowest BCUT2D eigenvalue weighted by Crippen LogP contribution is -2.31. The molecule has 0 bridgehead atoms. The first-order valence-electron chi connectivity index (χ1n) is 5.48. The highest BCUT2D eigenvalue weighted by Gasteiger charge is 2.22. The Bertz CT molecular complexity index is 246. The summed E-state index contributed by atoms with van der Waals surface area (Å²) < 4.78 is 0. The van der Waals surface area contributed by atoms with Gasteiger partial charge in [0.2, 0.25) is 11.8 Å². The SMILES string of the molecule is O=C(CCC(=O)N1CCSC1)N1CCSC1. The van der Waals surface area contributed by atoms with Gasteiger partial charge in [0.05, 0.1) is 11.8 Å². The molecule has 0 radical (unpaired) electrons. The number of carbonyl (C=O) groups excluding carboxylic acids is 2. The fourth-order valence-corrected chi connectivity index (χ4v) is 3.70. The Morgan fingerprint density at radius 3 is 1.62 bits per heavy atom. The molecule has 90 valence electrons. The summed E-state index contributed by atoms with van der Waals surface area (Å²) in [5, 5.41) is 0. The molecule has 2 heterocycles. The number of rotatable bonds is 3. The second-order valence-corrected chi connectivity index (χ2v) is 6.04. The standard InChI is InChI=1S/C10H16N2O2S2/c13-9(11-3-5-15-7-11)1-2-10(14)12-4-6-16-8-12/h1-8H2. The lowest BCUT2D eigenvalue weighted by Gasteiger charge is -2.16. The van der Waals surface area contributed by atoms with Crippen LogP contribution >= 0.6 is 23.5 Å². The van der Waals surface area contributed by atoms with Gasteiger partial charge >= 0.3 is 0 Å². The fraction of sp³-hybridized carbons (Fsp3) is 0.800. The smallest absolute Gasteiger partial charge is 0.223 e. The van der Waals surface area contributed by atoms with E-state index >= 15 is 0 Å². The quantitative estimate of drug-likeness (QED) is 0.754. The maximum atomic E-state index is 11.7. The van der Waals surface area contributed by atoms with Gasteiger partial charge in [0, 0.05) is 37.4 Å². The van der Waals surface area contributed by atoms with Crippen molar-refractivity contribution in [3.8, 4) is 0 Å². The van der Waals surface area contributed by atoms with Gasteiger partial charge in [-0.05, 0) is 0 Å². The third kappa shape index (κ3) is 3.07. The summed E-state index contributed by atoms with van der Waals surface area (Å²) in [6.45, 7) is 1.69. The first-order chi connectivity index (χ1) is 7.77. The average Bonchev–Trinajstić information content (AvgIpc) is 2.95.